The first-order valence-electron chi connectivity index (χ1n) is 9.08. The second-order valence-corrected chi connectivity index (χ2v) is 6.67. The van der Waals surface area contributed by atoms with E-state index in [0.717, 1.165) is 16.7 Å². The normalized spacial score (nSPS) is 12.3. The van der Waals surface area contributed by atoms with Crippen LogP contribution in [0.25, 0.3) is 0 Å². The van der Waals surface area contributed by atoms with E-state index in [9.17, 15) is 9.59 Å². The molecule has 2 N–H and O–H groups in total. The van der Waals surface area contributed by atoms with Crippen molar-refractivity contribution in [2.24, 2.45) is 10.2 Å². The molecule has 142 valence electrons. The Kier molecular flexibility index (Phi) is 4.97. The summed E-state index contributed by atoms with van der Waals surface area (Å²) in [6.45, 7) is 1.07. The molecule has 7 nitrogen and oxygen atoms in total. The third kappa shape index (κ3) is 3.95. The first-order valence-corrected chi connectivity index (χ1v) is 9.08. The van der Waals surface area contributed by atoms with Gasteiger partial charge in [-0.3, -0.25) is 9.59 Å². The molecule has 0 aromatic heterocycles. The number of nitrogen functional groups attached to an aromatic ring is 1. The Balaban J connectivity index is 1.42. The molecule has 1 aliphatic rings. The van der Waals surface area contributed by atoms with E-state index in [2.05, 4.69) is 15.1 Å². The van der Waals surface area contributed by atoms with E-state index in [-0.39, 0.29) is 5.91 Å². The summed E-state index contributed by atoms with van der Waals surface area (Å²) < 4.78 is 0. The Morgan fingerprint density at radius 1 is 1.00 bits per heavy atom. The van der Waals surface area contributed by atoms with Gasteiger partial charge in [0.05, 0.1) is 5.69 Å². The summed E-state index contributed by atoms with van der Waals surface area (Å²) in [6.07, 6.45) is 0. The number of carbonyl (C=O) groups is 2. The number of anilines is 1. The van der Waals surface area contributed by atoms with Crippen molar-refractivity contribution < 1.29 is 9.59 Å². The van der Waals surface area contributed by atoms with Crippen LogP contribution in [0.5, 0.6) is 0 Å². The molecule has 0 atom stereocenters. The molecule has 0 saturated carbocycles. The smallest absolute Gasteiger partial charge is 0.360 e. The summed E-state index contributed by atoms with van der Waals surface area (Å²) in [5, 5.41) is 7.46. The van der Waals surface area contributed by atoms with Crippen LogP contribution >= 0.6 is 0 Å². The number of hydrogen-bond acceptors (Lipinski definition) is 4. The van der Waals surface area contributed by atoms with Crippen molar-refractivity contribution in [2.75, 3.05) is 5.73 Å². The molecule has 0 aliphatic carbocycles. The molecule has 7 heteroatoms. The number of benzene rings is 3. The van der Waals surface area contributed by atoms with Crippen molar-refractivity contribution in [2.45, 2.75) is 13.1 Å². The molecule has 2 amide bonds. The fraction of sp³-hybridized carbons (Fsp3) is 0.0909. The Morgan fingerprint density at radius 2 is 1.72 bits per heavy atom. The van der Waals surface area contributed by atoms with Crippen LogP contribution in [0.1, 0.15) is 31.8 Å². The number of para-hydroxylation sites is 1. The van der Waals surface area contributed by atoms with E-state index in [1.807, 2.05) is 36.4 Å². The predicted molar refractivity (Wildman–Crippen MR) is 108 cm³/mol. The zero-order valence-electron chi connectivity index (χ0n) is 15.5. The van der Waals surface area contributed by atoms with Gasteiger partial charge in [-0.15, -0.1) is 0 Å². The quantitative estimate of drug-likeness (QED) is 0.419. The number of fused-ring (bicyclic) bond motifs is 1. The average molecular weight is 384 g/mol. The molecule has 1 heterocycles. The highest BCUT2D eigenvalue weighted by atomic mass is 16.2. The lowest BCUT2D eigenvalue weighted by Crippen LogP contribution is -2.23. The summed E-state index contributed by atoms with van der Waals surface area (Å²) in [4.78, 5) is 30.0. The molecular formula is C22H18N5O2+. The van der Waals surface area contributed by atoms with Gasteiger partial charge in [-0.05, 0) is 41.5 Å². The van der Waals surface area contributed by atoms with Crippen molar-refractivity contribution in [3.05, 3.63) is 95.1 Å². The van der Waals surface area contributed by atoms with Crippen molar-refractivity contribution in [1.29, 1.82) is 0 Å². The van der Waals surface area contributed by atoms with Crippen LogP contribution in [-0.4, -0.2) is 16.7 Å². The largest absolute Gasteiger partial charge is 0.397 e. The van der Waals surface area contributed by atoms with Crippen molar-refractivity contribution in [3.8, 4) is 0 Å². The van der Waals surface area contributed by atoms with Crippen molar-refractivity contribution in [1.82, 2.24) is 9.81 Å². The van der Waals surface area contributed by atoms with Crippen LogP contribution in [0.4, 0.5) is 11.4 Å². The van der Waals surface area contributed by atoms with E-state index in [4.69, 9.17) is 5.73 Å². The molecular weight excluding hydrogens is 366 g/mol. The van der Waals surface area contributed by atoms with Gasteiger partial charge in [0.25, 0.3) is 5.91 Å². The molecule has 0 unspecified atom stereocenters. The van der Waals surface area contributed by atoms with E-state index in [0.29, 0.717) is 30.0 Å². The van der Waals surface area contributed by atoms with Gasteiger partial charge in [-0.1, -0.05) is 42.5 Å². The molecule has 0 saturated heterocycles. The van der Waals surface area contributed by atoms with E-state index in [1.54, 1.807) is 41.3 Å². The van der Waals surface area contributed by atoms with Gasteiger partial charge in [-0.25, -0.2) is 0 Å². The standard InChI is InChI=1S/C22H17N5O2/c23-19-7-3-4-8-20(19)24-26-25-21(28)16-11-9-15(10-12-16)13-27-14-17-5-1-2-6-18(17)22(27)29/h1-12,23H,13-14H2/p+1. The summed E-state index contributed by atoms with van der Waals surface area (Å²) in [7, 11) is 0. The van der Waals surface area contributed by atoms with Gasteiger partial charge in [-0.2, -0.15) is 0 Å². The van der Waals surface area contributed by atoms with Gasteiger partial charge in [0, 0.05) is 24.2 Å². The molecule has 3 aromatic rings. The maximum Gasteiger partial charge on any atom is 0.360 e. The summed E-state index contributed by atoms with van der Waals surface area (Å²) in [6, 6.07) is 21.5. The van der Waals surface area contributed by atoms with Crippen LogP contribution in [-0.2, 0) is 13.1 Å². The molecule has 0 radical (unpaired) electrons. The van der Waals surface area contributed by atoms with Crippen molar-refractivity contribution in [3.63, 3.8) is 0 Å². The lowest BCUT2D eigenvalue weighted by molar-refractivity contribution is 0.0766. The van der Waals surface area contributed by atoms with Crippen LogP contribution in [0, 0.1) is 0 Å². The zero-order chi connectivity index (χ0) is 20.2. The van der Waals surface area contributed by atoms with Gasteiger partial charge in [0.2, 0.25) is 10.0 Å². The number of hydrogen-bond donors (Lipinski definition) is 1. The van der Waals surface area contributed by atoms with E-state index in [1.165, 1.54) is 0 Å². The Bertz CT molecular complexity index is 1150. The second kappa shape index (κ2) is 7.88. The molecule has 0 bridgehead atoms. The summed E-state index contributed by atoms with van der Waals surface area (Å²) in [5.74, 6) is -0.476. The third-order valence-electron chi connectivity index (χ3n) is 4.70. The van der Waals surface area contributed by atoms with Gasteiger partial charge in [0.1, 0.15) is 0 Å². The van der Waals surface area contributed by atoms with Crippen LogP contribution < -0.4 is 10.6 Å². The molecule has 0 spiro atoms. The van der Waals surface area contributed by atoms with Crippen LogP contribution in [0.2, 0.25) is 0 Å². The molecule has 0 fully saturated rings. The lowest BCUT2D eigenvalue weighted by atomic mass is 10.1. The maximum atomic E-state index is 12.5. The SMILES string of the molecule is Nc1ccccc1N=[N+]=NC(=O)c1ccc(CN2Cc3ccccc3C2=O)cc1. The zero-order valence-corrected chi connectivity index (χ0v) is 15.5. The number of nitrogens with zero attached hydrogens (tertiary/aromatic N) is 4. The highest BCUT2D eigenvalue weighted by molar-refractivity contribution is 5.98. The maximum absolute atomic E-state index is 12.5. The minimum Gasteiger partial charge on any atom is -0.397 e. The summed E-state index contributed by atoms with van der Waals surface area (Å²) in [5.41, 5.74) is 9.79. The fourth-order valence-corrected chi connectivity index (χ4v) is 3.16. The Morgan fingerprint density at radius 3 is 2.48 bits per heavy atom. The number of nitrogens with two attached hydrogens (primary N) is 1. The number of carbonyl (C=O) groups excluding carboxylic acids is 2. The van der Waals surface area contributed by atoms with Gasteiger partial charge < -0.3 is 10.6 Å². The highest BCUT2D eigenvalue weighted by Gasteiger charge is 2.26. The van der Waals surface area contributed by atoms with Gasteiger partial charge >= 0.3 is 5.91 Å². The third-order valence-corrected chi connectivity index (χ3v) is 4.70. The first-order chi connectivity index (χ1) is 14.1. The molecule has 1 aliphatic heterocycles. The van der Waals surface area contributed by atoms with Crippen molar-refractivity contribution >= 4 is 23.2 Å². The Hall–Kier alpha value is -4.09. The molecule has 3 aromatic carbocycles. The first kappa shape index (κ1) is 18.3. The fourth-order valence-electron chi connectivity index (χ4n) is 3.16. The second-order valence-electron chi connectivity index (χ2n) is 6.67. The van der Waals surface area contributed by atoms with E-state index < -0.39 is 5.91 Å². The summed E-state index contributed by atoms with van der Waals surface area (Å²) >= 11 is 0. The average Bonchev–Trinajstić information content (AvgIpc) is 3.05. The highest BCUT2D eigenvalue weighted by Crippen LogP contribution is 2.24. The molecule has 29 heavy (non-hydrogen) atoms. The molecule has 4 rings (SSSR count). The Labute approximate surface area is 167 Å². The number of rotatable bonds is 4. The minimum atomic E-state index is -0.501. The minimum absolute atomic E-state index is 0.0244. The monoisotopic (exact) mass is 384 g/mol. The van der Waals surface area contributed by atoms with Crippen LogP contribution in [0.15, 0.2) is 83.0 Å². The topological polar surface area (TPSA) is 102 Å². The predicted octanol–water partition coefficient (Wildman–Crippen LogP) is 3.87. The number of amides is 2. The van der Waals surface area contributed by atoms with Gasteiger partial charge in [0.15, 0.2) is 10.8 Å². The van der Waals surface area contributed by atoms with E-state index >= 15 is 0 Å². The lowest BCUT2D eigenvalue weighted by Gasteiger charge is -2.15. The van der Waals surface area contributed by atoms with Crippen LogP contribution in [0.3, 0.4) is 0 Å².